The topological polar surface area (TPSA) is 12.0 Å². The molecule has 106 valence electrons. The van der Waals surface area contributed by atoms with Crippen LogP contribution < -0.4 is 5.32 Å². The zero-order valence-corrected chi connectivity index (χ0v) is 13.0. The number of halogens is 1. The molecule has 0 bridgehead atoms. The summed E-state index contributed by atoms with van der Waals surface area (Å²) in [5, 5.41) is 4.11. The van der Waals surface area contributed by atoms with Crippen LogP contribution in [0.5, 0.6) is 0 Å². The third kappa shape index (κ3) is 4.66. The average Bonchev–Trinajstić information content (AvgIpc) is 2.42. The number of aryl methyl sites for hydroxylation is 1. The third-order valence-electron chi connectivity index (χ3n) is 3.54. The molecule has 1 atom stereocenters. The molecule has 0 spiro atoms. The maximum atomic E-state index is 5.94. The molecule has 1 N–H and O–H groups in total. The average molecular weight is 288 g/mol. The Kier molecular flexibility index (Phi) is 5.63. The molecule has 0 fully saturated rings. The van der Waals surface area contributed by atoms with Gasteiger partial charge in [0.1, 0.15) is 0 Å². The predicted octanol–water partition coefficient (Wildman–Crippen LogP) is 4.27. The van der Waals surface area contributed by atoms with E-state index in [0.29, 0.717) is 5.92 Å². The first-order valence-electron chi connectivity index (χ1n) is 7.12. The van der Waals surface area contributed by atoms with Crippen LogP contribution in [0.25, 0.3) is 0 Å². The quantitative estimate of drug-likeness (QED) is 0.837. The summed E-state index contributed by atoms with van der Waals surface area (Å²) in [7, 11) is 2.02. The molecule has 2 aromatic carbocycles. The van der Waals surface area contributed by atoms with Crippen LogP contribution in [0.1, 0.15) is 16.7 Å². The molecule has 0 aliphatic heterocycles. The zero-order valence-electron chi connectivity index (χ0n) is 12.2. The summed E-state index contributed by atoms with van der Waals surface area (Å²) in [6.45, 7) is 3.17. The molecule has 0 aliphatic rings. The van der Waals surface area contributed by atoms with Crippen molar-refractivity contribution in [1.29, 1.82) is 0 Å². The fourth-order valence-electron chi connectivity index (χ4n) is 2.63. The number of rotatable bonds is 6. The van der Waals surface area contributed by atoms with Gasteiger partial charge in [-0.2, -0.15) is 0 Å². The highest BCUT2D eigenvalue weighted by atomic mass is 35.5. The summed E-state index contributed by atoms with van der Waals surface area (Å²) in [5.74, 6) is 0.600. The first-order chi connectivity index (χ1) is 9.67. The maximum absolute atomic E-state index is 5.94. The fourth-order valence-corrected chi connectivity index (χ4v) is 2.76. The van der Waals surface area contributed by atoms with E-state index in [-0.39, 0.29) is 0 Å². The summed E-state index contributed by atoms with van der Waals surface area (Å²) in [4.78, 5) is 0. The smallest absolute Gasteiger partial charge is 0.0406 e. The van der Waals surface area contributed by atoms with E-state index in [1.54, 1.807) is 0 Å². The van der Waals surface area contributed by atoms with E-state index >= 15 is 0 Å². The predicted molar refractivity (Wildman–Crippen MR) is 87.5 cm³/mol. The van der Waals surface area contributed by atoms with E-state index in [1.165, 1.54) is 16.7 Å². The second-order valence-corrected chi connectivity index (χ2v) is 5.88. The molecule has 0 amide bonds. The lowest BCUT2D eigenvalue weighted by Crippen LogP contribution is -2.22. The highest BCUT2D eigenvalue weighted by molar-refractivity contribution is 6.30. The molecule has 1 nitrogen and oxygen atoms in total. The molecule has 2 aromatic rings. The monoisotopic (exact) mass is 287 g/mol. The van der Waals surface area contributed by atoms with Crippen LogP contribution in [0, 0.1) is 12.8 Å². The van der Waals surface area contributed by atoms with Crippen molar-refractivity contribution in [3.8, 4) is 0 Å². The number of nitrogens with one attached hydrogen (secondary N) is 1. The van der Waals surface area contributed by atoms with Crippen molar-refractivity contribution >= 4 is 11.6 Å². The molecular formula is C18H22ClN. The van der Waals surface area contributed by atoms with E-state index in [4.69, 9.17) is 11.6 Å². The highest BCUT2D eigenvalue weighted by Crippen LogP contribution is 2.17. The van der Waals surface area contributed by atoms with Gasteiger partial charge in [-0.1, -0.05) is 53.6 Å². The van der Waals surface area contributed by atoms with E-state index < -0.39 is 0 Å². The Bertz CT molecular complexity index is 533. The first-order valence-corrected chi connectivity index (χ1v) is 7.50. The van der Waals surface area contributed by atoms with Crippen molar-refractivity contribution in [2.24, 2.45) is 5.92 Å². The fraction of sp³-hybridized carbons (Fsp3) is 0.333. The van der Waals surface area contributed by atoms with E-state index in [0.717, 1.165) is 24.4 Å². The van der Waals surface area contributed by atoms with E-state index in [9.17, 15) is 0 Å². The maximum Gasteiger partial charge on any atom is 0.0406 e. The van der Waals surface area contributed by atoms with Crippen LogP contribution in [-0.2, 0) is 12.8 Å². The Labute approximate surface area is 127 Å². The minimum Gasteiger partial charge on any atom is -0.319 e. The van der Waals surface area contributed by atoms with Crippen LogP contribution in [0.15, 0.2) is 48.5 Å². The molecule has 0 aromatic heterocycles. The van der Waals surface area contributed by atoms with Gasteiger partial charge in [0, 0.05) is 5.02 Å². The minimum atomic E-state index is 0.600. The van der Waals surface area contributed by atoms with E-state index in [2.05, 4.69) is 48.6 Å². The van der Waals surface area contributed by atoms with E-state index in [1.807, 2.05) is 19.2 Å². The van der Waals surface area contributed by atoms with Gasteiger partial charge >= 0.3 is 0 Å². The molecule has 2 heteroatoms. The molecule has 20 heavy (non-hydrogen) atoms. The van der Waals surface area contributed by atoms with Crippen LogP contribution >= 0.6 is 11.6 Å². The van der Waals surface area contributed by atoms with Crippen molar-refractivity contribution in [3.63, 3.8) is 0 Å². The Hall–Kier alpha value is -1.31. The Morgan fingerprint density at radius 3 is 2.35 bits per heavy atom. The summed E-state index contributed by atoms with van der Waals surface area (Å²) < 4.78 is 0. The first kappa shape index (κ1) is 15.1. The second kappa shape index (κ2) is 7.47. The van der Waals surface area contributed by atoms with Crippen LogP contribution in [0.2, 0.25) is 5.02 Å². The van der Waals surface area contributed by atoms with Gasteiger partial charge in [-0.25, -0.2) is 0 Å². The number of benzene rings is 2. The summed E-state index contributed by atoms with van der Waals surface area (Å²) in [5.41, 5.74) is 4.10. The van der Waals surface area contributed by atoms with Gasteiger partial charge < -0.3 is 5.32 Å². The van der Waals surface area contributed by atoms with Gasteiger partial charge in [0.05, 0.1) is 0 Å². The molecular weight excluding hydrogens is 266 g/mol. The second-order valence-electron chi connectivity index (χ2n) is 5.45. The molecule has 0 heterocycles. The third-order valence-corrected chi connectivity index (χ3v) is 3.79. The van der Waals surface area contributed by atoms with Gasteiger partial charge in [-0.3, -0.25) is 0 Å². The zero-order chi connectivity index (χ0) is 14.4. The number of hydrogen-bond donors (Lipinski definition) is 1. The minimum absolute atomic E-state index is 0.600. The Morgan fingerprint density at radius 2 is 1.70 bits per heavy atom. The lowest BCUT2D eigenvalue weighted by Gasteiger charge is -2.17. The van der Waals surface area contributed by atoms with Gasteiger partial charge in [0.25, 0.3) is 0 Å². The molecule has 1 unspecified atom stereocenters. The van der Waals surface area contributed by atoms with Crippen molar-refractivity contribution in [2.45, 2.75) is 19.8 Å². The normalized spacial score (nSPS) is 12.3. The largest absolute Gasteiger partial charge is 0.319 e. The SMILES string of the molecule is CNCC(Cc1ccc(Cl)cc1)Cc1cccc(C)c1. The van der Waals surface area contributed by atoms with Gasteiger partial charge in [-0.15, -0.1) is 0 Å². The van der Waals surface area contributed by atoms with Crippen LogP contribution in [0.3, 0.4) is 0 Å². The van der Waals surface area contributed by atoms with Crippen molar-refractivity contribution in [1.82, 2.24) is 5.32 Å². The van der Waals surface area contributed by atoms with Gasteiger partial charge in [0.2, 0.25) is 0 Å². The number of hydrogen-bond acceptors (Lipinski definition) is 1. The molecule has 0 saturated heterocycles. The summed E-state index contributed by atoms with van der Waals surface area (Å²) in [6, 6.07) is 17.0. The van der Waals surface area contributed by atoms with Crippen molar-refractivity contribution in [2.75, 3.05) is 13.6 Å². The van der Waals surface area contributed by atoms with Gasteiger partial charge in [0.15, 0.2) is 0 Å². The molecule has 2 rings (SSSR count). The Balaban J connectivity index is 2.05. The van der Waals surface area contributed by atoms with Crippen LogP contribution in [0.4, 0.5) is 0 Å². The lowest BCUT2D eigenvalue weighted by molar-refractivity contribution is 0.493. The van der Waals surface area contributed by atoms with Crippen molar-refractivity contribution < 1.29 is 0 Å². The Morgan fingerprint density at radius 1 is 1.00 bits per heavy atom. The molecule has 0 saturated carbocycles. The molecule has 0 aliphatic carbocycles. The van der Waals surface area contributed by atoms with Gasteiger partial charge in [-0.05, 0) is 62.5 Å². The summed E-state index contributed by atoms with van der Waals surface area (Å²) in [6.07, 6.45) is 2.18. The standard InChI is InChI=1S/C18H22ClN/c1-14-4-3-5-16(10-14)12-17(13-20-2)11-15-6-8-18(19)9-7-15/h3-10,17,20H,11-13H2,1-2H3. The highest BCUT2D eigenvalue weighted by Gasteiger charge is 2.10. The van der Waals surface area contributed by atoms with Crippen molar-refractivity contribution in [3.05, 3.63) is 70.2 Å². The summed E-state index contributed by atoms with van der Waals surface area (Å²) >= 11 is 5.94. The lowest BCUT2D eigenvalue weighted by atomic mass is 9.92. The molecule has 0 radical (unpaired) electrons. The van der Waals surface area contributed by atoms with Crippen LogP contribution in [-0.4, -0.2) is 13.6 Å².